The quantitative estimate of drug-likeness (QED) is 0.801. The molecular formula is C15H20ClNO4. The topological polar surface area (TPSA) is 66.8 Å². The van der Waals surface area contributed by atoms with E-state index >= 15 is 0 Å². The lowest BCUT2D eigenvalue weighted by Gasteiger charge is -2.27. The number of hydrogen-bond donors (Lipinski definition) is 1. The molecule has 0 saturated carbocycles. The van der Waals surface area contributed by atoms with Crippen molar-refractivity contribution in [1.82, 2.24) is 4.90 Å². The van der Waals surface area contributed by atoms with Gasteiger partial charge in [-0.1, -0.05) is 23.7 Å². The van der Waals surface area contributed by atoms with Gasteiger partial charge in [-0.15, -0.1) is 0 Å². The van der Waals surface area contributed by atoms with Crippen LogP contribution in [0.4, 0.5) is 0 Å². The number of nitrogens with zero attached hydrogens (tertiary/aromatic N) is 1. The number of benzene rings is 1. The van der Waals surface area contributed by atoms with Crippen molar-refractivity contribution in [2.45, 2.75) is 32.7 Å². The van der Waals surface area contributed by atoms with Crippen LogP contribution in [-0.2, 0) is 9.59 Å². The van der Waals surface area contributed by atoms with E-state index in [9.17, 15) is 9.59 Å². The highest BCUT2D eigenvalue weighted by Crippen LogP contribution is 2.23. The van der Waals surface area contributed by atoms with E-state index < -0.39 is 5.97 Å². The molecule has 0 spiro atoms. The van der Waals surface area contributed by atoms with Crippen molar-refractivity contribution >= 4 is 23.5 Å². The van der Waals surface area contributed by atoms with Crippen LogP contribution in [0.3, 0.4) is 0 Å². The largest absolute Gasteiger partial charge is 0.491 e. The van der Waals surface area contributed by atoms with Crippen LogP contribution in [0.1, 0.15) is 26.7 Å². The standard InChI is InChI=1S/C15H20ClNO4/c1-3-17(11(2)10-15(19)20)14(18)8-9-21-13-7-5-4-6-12(13)16/h4-7,11H,3,8-10H2,1-2H3,(H,19,20). The Hall–Kier alpha value is -1.75. The first-order valence-corrected chi connectivity index (χ1v) is 7.22. The van der Waals surface area contributed by atoms with E-state index in [0.717, 1.165) is 0 Å². The lowest BCUT2D eigenvalue weighted by atomic mass is 10.2. The summed E-state index contributed by atoms with van der Waals surface area (Å²) in [6.07, 6.45) is 0.119. The summed E-state index contributed by atoms with van der Waals surface area (Å²) in [6.45, 7) is 4.23. The van der Waals surface area contributed by atoms with Crippen LogP contribution in [0.2, 0.25) is 5.02 Å². The number of carboxylic acid groups (broad SMARTS) is 1. The van der Waals surface area contributed by atoms with E-state index in [4.69, 9.17) is 21.4 Å². The van der Waals surface area contributed by atoms with Gasteiger partial charge in [0.2, 0.25) is 5.91 Å². The van der Waals surface area contributed by atoms with E-state index in [-0.39, 0.29) is 31.4 Å². The first-order chi connectivity index (χ1) is 9.95. The minimum Gasteiger partial charge on any atom is -0.491 e. The van der Waals surface area contributed by atoms with Gasteiger partial charge in [0.1, 0.15) is 5.75 Å². The third-order valence-electron chi connectivity index (χ3n) is 3.07. The van der Waals surface area contributed by atoms with Crippen LogP contribution >= 0.6 is 11.6 Å². The molecule has 21 heavy (non-hydrogen) atoms. The van der Waals surface area contributed by atoms with Crippen LogP contribution in [0, 0.1) is 0 Å². The van der Waals surface area contributed by atoms with Crippen molar-refractivity contribution < 1.29 is 19.4 Å². The summed E-state index contributed by atoms with van der Waals surface area (Å²) >= 11 is 5.95. The van der Waals surface area contributed by atoms with Gasteiger partial charge in [0, 0.05) is 12.6 Å². The van der Waals surface area contributed by atoms with Crippen molar-refractivity contribution in [3.8, 4) is 5.75 Å². The zero-order chi connectivity index (χ0) is 15.8. The van der Waals surface area contributed by atoms with Gasteiger partial charge in [0.15, 0.2) is 0 Å². The Bertz CT molecular complexity index is 492. The normalized spacial score (nSPS) is 11.8. The summed E-state index contributed by atoms with van der Waals surface area (Å²) in [5.74, 6) is -0.507. The van der Waals surface area contributed by atoms with Gasteiger partial charge in [0.05, 0.1) is 24.5 Å². The van der Waals surface area contributed by atoms with Gasteiger partial charge in [-0.25, -0.2) is 0 Å². The lowest BCUT2D eigenvalue weighted by Crippen LogP contribution is -2.40. The summed E-state index contributed by atoms with van der Waals surface area (Å²) in [4.78, 5) is 24.3. The number of carboxylic acids is 1. The summed E-state index contributed by atoms with van der Waals surface area (Å²) in [5, 5.41) is 9.28. The van der Waals surface area contributed by atoms with Crippen LogP contribution in [-0.4, -0.2) is 41.1 Å². The maximum atomic E-state index is 12.1. The molecule has 1 rings (SSSR count). The van der Waals surface area contributed by atoms with E-state index in [1.807, 2.05) is 6.92 Å². The molecule has 0 aliphatic rings. The van der Waals surface area contributed by atoms with E-state index in [1.165, 1.54) is 0 Å². The molecule has 1 amide bonds. The molecule has 6 heteroatoms. The number of ether oxygens (including phenoxy) is 1. The van der Waals surface area contributed by atoms with Gasteiger partial charge in [-0.2, -0.15) is 0 Å². The fourth-order valence-electron chi connectivity index (χ4n) is 2.05. The van der Waals surface area contributed by atoms with E-state index in [2.05, 4.69) is 0 Å². The predicted molar refractivity (Wildman–Crippen MR) is 80.7 cm³/mol. The number of halogens is 1. The number of carbonyl (C=O) groups excluding carboxylic acids is 1. The number of aliphatic carboxylic acids is 1. The first-order valence-electron chi connectivity index (χ1n) is 6.84. The predicted octanol–water partition coefficient (Wildman–Crippen LogP) is 2.82. The second-order valence-corrected chi connectivity index (χ2v) is 5.06. The Morgan fingerprint density at radius 2 is 2.05 bits per heavy atom. The smallest absolute Gasteiger partial charge is 0.305 e. The summed E-state index contributed by atoms with van der Waals surface area (Å²) in [7, 11) is 0. The van der Waals surface area contributed by atoms with Crippen LogP contribution < -0.4 is 4.74 Å². The Kier molecular flexibility index (Phi) is 7.02. The maximum Gasteiger partial charge on any atom is 0.305 e. The van der Waals surface area contributed by atoms with Crippen molar-refractivity contribution in [2.75, 3.05) is 13.2 Å². The molecule has 0 aliphatic carbocycles. The molecule has 1 unspecified atom stereocenters. The van der Waals surface area contributed by atoms with Crippen LogP contribution in [0.25, 0.3) is 0 Å². The summed E-state index contributed by atoms with van der Waals surface area (Å²) < 4.78 is 5.47. The number of para-hydroxylation sites is 1. The SMILES string of the molecule is CCN(C(=O)CCOc1ccccc1Cl)C(C)CC(=O)O. The molecule has 1 atom stereocenters. The minimum absolute atomic E-state index is 0.0645. The van der Waals surface area contributed by atoms with Crippen molar-refractivity contribution in [3.05, 3.63) is 29.3 Å². The Morgan fingerprint density at radius 1 is 1.38 bits per heavy atom. The molecule has 0 fully saturated rings. The van der Waals surface area contributed by atoms with Gasteiger partial charge in [0.25, 0.3) is 0 Å². The van der Waals surface area contributed by atoms with Crippen LogP contribution in [0.5, 0.6) is 5.75 Å². The van der Waals surface area contributed by atoms with Gasteiger partial charge >= 0.3 is 5.97 Å². The maximum absolute atomic E-state index is 12.1. The molecule has 1 aromatic carbocycles. The van der Waals surface area contributed by atoms with Gasteiger partial charge in [-0.3, -0.25) is 9.59 Å². The van der Waals surface area contributed by atoms with Crippen LogP contribution in [0.15, 0.2) is 24.3 Å². The number of carbonyl (C=O) groups is 2. The Balaban J connectivity index is 2.48. The zero-order valence-corrected chi connectivity index (χ0v) is 13.0. The monoisotopic (exact) mass is 313 g/mol. The average Bonchev–Trinajstić information content (AvgIpc) is 2.41. The number of hydrogen-bond acceptors (Lipinski definition) is 3. The summed E-state index contributed by atoms with van der Waals surface area (Å²) in [6, 6.07) is 6.72. The highest BCUT2D eigenvalue weighted by Gasteiger charge is 2.20. The highest BCUT2D eigenvalue weighted by atomic mass is 35.5. The Labute approximate surface area is 129 Å². The average molecular weight is 314 g/mol. The molecule has 5 nitrogen and oxygen atoms in total. The third kappa shape index (κ3) is 5.63. The fourth-order valence-corrected chi connectivity index (χ4v) is 2.24. The molecule has 0 bridgehead atoms. The molecule has 1 N–H and O–H groups in total. The molecule has 0 saturated heterocycles. The first kappa shape index (κ1) is 17.3. The second-order valence-electron chi connectivity index (χ2n) is 4.66. The van der Waals surface area contributed by atoms with Crippen molar-refractivity contribution in [1.29, 1.82) is 0 Å². The third-order valence-corrected chi connectivity index (χ3v) is 3.39. The molecular weight excluding hydrogens is 294 g/mol. The highest BCUT2D eigenvalue weighted by molar-refractivity contribution is 6.32. The number of rotatable bonds is 8. The molecule has 0 aliphatic heterocycles. The van der Waals surface area contributed by atoms with Crippen molar-refractivity contribution in [3.63, 3.8) is 0 Å². The molecule has 0 aromatic heterocycles. The molecule has 0 radical (unpaired) electrons. The lowest BCUT2D eigenvalue weighted by molar-refractivity contribution is -0.140. The minimum atomic E-state index is -0.916. The van der Waals surface area contributed by atoms with E-state index in [1.54, 1.807) is 36.1 Å². The van der Waals surface area contributed by atoms with Crippen molar-refractivity contribution in [2.24, 2.45) is 0 Å². The second kappa shape index (κ2) is 8.52. The number of amides is 1. The summed E-state index contributed by atoms with van der Waals surface area (Å²) in [5.41, 5.74) is 0. The molecule has 1 aromatic rings. The molecule has 116 valence electrons. The zero-order valence-electron chi connectivity index (χ0n) is 12.2. The van der Waals surface area contributed by atoms with Gasteiger partial charge in [-0.05, 0) is 26.0 Å². The van der Waals surface area contributed by atoms with Gasteiger partial charge < -0.3 is 14.7 Å². The molecule has 0 heterocycles. The van der Waals surface area contributed by atoms with E-state index in [0.29, 0.717) is 17.3 Å². The fraction of sp³-hybridized carbons (Fsp3) is 0.467. The Morgan fingerprint density at radius 3 is 2.62 bits per heavy atom.